The predicted octanol–water partition coefficient (Wildman–Crippen LogP) is 0.860. The zero-order chi connectivity index (χ0) is 12.3. The van der Waals surface area contributed by atoms with Crippen LogP contribution in [0.5, 0.6) is 5.88 Å². The zero-order valence-corrected chi connectivity index (χ0v) is 9.69. The molecule has 6 nitrogen and oxygen atoms in total. The van der Waals surface area contributed by atoms with Crippen molar-refractivity contribution in [2.75, 3.05) is 19.0 Å². The zero-order valence-electron chi connectivity index (χ0n) is 9.69. The molecule has 0 aliphatic heterocycles. The number of carbonyl (C=O) groups is 1. The van der Waals surface area contributed by atoms with E-state index >= 15 is 0 Å². The van der Waals surface area contributed by atoms with Crippen LogP contribution in [0.4, 0.5) is 5.95 Å². The molecular formula is C11H15N3O3. The Balaban J connectivity index is 2.10. The number of carboxylic acid groups (broad SMARTS) is 1. The number of carboxylic acids is 1. The second-order valence-corrected chi connectivity index (χ2v) is 3.91. The Morgan fingerprint density at radius 3 is 3.00 bits per heavy atom. The van der Waals surface area contributed by atoms with Gasteiger partial charge in [0.15, 0.2) is 0 Å². The molecule has 0 bridgehead atoms. The van der Waals surface area contributed by atoms with E-state index in [4.69, 9.17) is 9.84 Å². The Kier molecular flexibility index (Phi) is 3.41. The first-order chi connectivity index (χ1) is 8.20. The standard InChI is InChI=1S/C11H15N3O3/c1-17-10-7-3-2-4-8(7)13-11(14-10)12-6-5-9(15)16/h2-6H2,1H3,(H,15,16)(H,12,13,14). The number of rotatable bonds is 5. The third kappa shape index (κ3) is 2.64. The fourth-order valence-electron chi connectivity index (χ4n) is 1.93. The number of hydrogen-bond donors (Lipinski definition) is 2. The van der Waals surface area contributed by atoms with Crippen molar-refractivity contribution in [3.05, 3.63) is 11.3 Å². The summed E-state index contributed by atoms with van der Waals surface area (Å²) < 4.78 is 5.22. The fourth-order valence-corrected chi connectivity index (χ4v) is 1.93. The van der Waals surface area contributed by atoms with Crippen molar-refractivity contribution in [2.45, 2.75) is 25.7 Å². The summed E-state index contributed by atoms with van der Waals surface area (Å²) in [5.74, 6) is 0.208. The molecular weight excluding hydrogens is 222 g/mol. The maximum Gasteiger partial charge on any atom is 0.305 e. The highest BCUT2D eigenvalue weighted by Gasteiger charge is 2.19. The summed E-state index contributed by atoms with van der Waals surface area (Å²) in [6.07, 6.45) is 3.00. The smallest absolute Gasteiger partial charge is 0.305 e. The summed E-state index contributed by atoms with van der Waals surface area (Å²) in [5.41, 5.74) is 2.09. The van der Waals surface area contributed by atoms with Crippen LogP contribution in [0.2, 0.25) is 0 Å². The molecule has 0 saturated carbocycles. The number of aliphatic carboxylic acids is 1. The molecule has 1 aliphatic carbocycles. The van der Waals surface area contributed by atoms with E-state index in [1.54, 1.807) is 7.11 Å². The van der Waals surface area contributed by atoms with Gasteiger partial charge >= 0.3 is 5.97 Å². The van der Waals surface area contributed by atoms with E-state index in [1.165, 1.54) is 0 Å². The monoisotopic (exact) mass is 237 g/mol. The van der Waals surface area contributed by atoms with Crippen LogP contribution >= 0.6 is 0 Å². The van der Waals surface area contributed by atoms with Crippen LogP contribution < -0.4 is 10.1 Å². The lowest BCUT2D eigenvalue weighted by atomic mass is 10.2. The van der Waals surface area contributed by atoms with Gasteiger partial charge in [-0.15, -0.1) is 0 Å². The van der Waals surface area contributed by atoms with Crippen LogP contribution in [0, 0.1) is 0 Å². The number of hydrogen-bond acceptors (Lipinski definition) is 5. The highest BCUT2D eigenvalue weighted by atomic mass is 16.5. The van der Waals surface area contributed by atoms with Gasteiger partial charge < -0.3 is 15.2 Å². The van der Waals surface area contributed by atoms with Gasteiger partial charge in [-0.3, -0.25) is 4.79 Å². The summed E-state index contributed by atoms with van der Waals surface area (Å²) in [7, 11) is 1.59. The second kappa shape index (κ2) is 4.99. The first-order valence-corrected chi connectivity index (χ1v) is 5.60. The molecule has 0 saturated heterocycles. The number of methoxy groups -OCH3 is 1. The summed E-state index contributed by atoms with van der Waals surface area (Å²) >= 11 is 0. The van der Waals surface area contributed by atoms with Gasteiger partial charge in [0.25, 0.3) is 0 Å². The molecule has 0 spiro atoms. The van der Waals surface area contributed by atoms with Gasteiger partial charge in [0, 0.05) is 12.1 Å². The average Bonchev–Trinajstić information content (AvgIpc) is 2.75. The Hall–Kier alpha value is -1.85. The average molecular weight is 237 g/mol. The van der Waals surface area contributed by atoms with Gasteiger partial charge in [0.1, 0.15) is 0 Å². The van der Waals surface area contributed by atoms with Crippen molar-refractivity contribution < 1.29 is 14.6 Å². The number of nitrogens with one attached hydrogen (secondary N) is 1. The molecule has 1 aromatic heterocycles. The molecule has 0 unspecified atom stereocenters. The third-order valence-electron chi connectivity index (χ3n) is 2.71. The molecule has 0 atom stereocenters. The van der Waals surface area contributed by atoms with Crippen LogP contribution in [-0.4, -0.2) is 34.7 Å². The van der Waals surface area contributed by atoms with Crippen molar-refractivity contribution in [2.24, 2.45) is 0 Å². The molecule has 0 radical (unpaired) electrons. The SMILES string of the molecule is COc1nc(NCCC(=O)O)nc2c1CCC2. The summed E-state index contributed by atoms with van der Waals surface area (Å²) in [6, 6.07) is 0. The van der Waals surface area contributed by atoms with Gasteiger partial charge in [-0.2, -0.15) is 4.98 Å². The highest BCUT2D eigenvalue weighted by molar-refractivity contribution is 5.67. The lowest BCUT2D eigenvalue weighted by molar-refractivity contribution is -0.136. The maximum absolute atomic E-state index is 10.4. The molecule has 1 aliphatic rings. The quantitative estimate of drug-likeness (QED) is 0.790. The molecule has 17 heavy (non-hydrogen) atoms. The van der Waals surface area contributed by atoms with Crippen LogP contribution in [0.3, 0.4) is 0 Å². The van der Waals surface area contributed by atoms with Crippen LogP contribution in [0.15, 0.2) is 0 Å². The molecule has 1 aromatic rings. The lowest BCUT2D eigenvalue weighted by Crippen LogP contribution is -2.11. The second-order valence-electron chi connectivity index (χ2n) is 3.91. The van der Waals surface area contributed by atoms with Gasteiger partial charge in [-0.1, -0.05) is 0 Å². The largest absolute Gasteiger partial charge is 0.481 e. The van der Waals surface area contributed by atoms with Crippen molar-refractivity contribution in [3.8, 4) is 5.88 Å². The first-order valence-electron chi connectivity index (χ1n) is 5.60. The van der Waals surface area contributed by atoms with Crippen molar-refractivity contribution in [1.29, 1.82) is 0 Å². The van der Waals surface area contributed by atoms with Gasteiger partial charge in [0.05, 0.1) is 19.2 Å². The van der Waals surface area contributed by atoms with E-state index in [-0.39, 0.29) is 6.42 Å². The van der Waals surface area contributed by atoms with E-state index in [2.05, 4.69) is 15.3 Å². The normalized spacial score (nSPS) is 13.2. The van der Waals surface area contributed by atoms with Crippen LogP contribution in [-0.2, 0) is 17.6 Å². The van der Waals surface area contributed by atoms with Gasteiger partial charge in [0.2, 0.25) is 11.8 Å². The Bertz CT molecular complexity index is 434. The Labute approximate surface area is 99.0 Å². The number of fused-ring (bicyclic) bond motifs is 1. The van der Waals surface area contributed by atoms with E-state index < -0.39 is 5.97 Å². The number of anilines is 1. The van der Waals surface area contributed by atoms with E-state index in [0.29, 0.717) is 18.4 Å². The first kappa shape index (κ1) is 11.6. The molecule has 1 heterocycles. The number of aryl methyl sites for hydroxylation is 1. The Morgan fingerprint density at radius 2 is 2.29 bits per heavy atom. The highest BCUT2D eigenvalue weighted by Crippen LogP contribution is 2.28. The van der Waals surface area contributed by atoms with Gasteiger partial charge in [-0.05, 0) is 19.3 Å². The molecule has 0 aromatic carbocycles. The minimum atomic E-state index is -0.842. The van der Waals surface area contributed by atoms with E-state index in [1.807, 2.05) is 0 Å². The molecule has 2 N–H and O–H groups in total. The fraction of sp³-hybridized carbons (Fsp3) is 0.545. The van der Waals surface area contributed by atoms with Crippen LogP contribution in [0.25, 0.3) is 0 Å². The molecule has 2 rings (SSSR count). The van der Waals surface area contributed by atoms with Crippen LogP contribution in [0.1, 0.15) is 24.1 Å². The minimum absolute atomic E-state index is 0.0444. The topological polar surface area (TPSA) is 84.3 Å². The summed E-state index contributed by atoms with van der Waals surface area (Å²) in [4.78, 5) is 19.0. The molecule has 0 amide bonds. The van der Waals surface area contributed by atoms with Gasteiger partial charge in [-0.25, -0.2) is 4.98 Å². The van der Waals surface area contributed by atoms with E-state index in [0.717, 1.165) is 30.5 Å². The van der Waals surface area contributed by atoms with Crippen molar-refractivity contribution in [3.63, 3.8) is 0 Å². The molecule has 6 heteroatoms. The number of ether oxygens (including phenoxy) is 1. The van der Waals surface area contributed by atoms with Crippen molar-refractivity contribution in [1.82, 2.24) is 9.97 Å². The predicted molar refractivity (Wildman–Crippen MR) is 61.4 cm³/mol. The summed E-state index contributed by atoms with van der Waals surface area (Å²) in [6.45, 7) is 0.317. The third-order valence-corrected chi connectivity index (χ3v) is 2.71. The van der Waals surface area contributed by atoms with Crippen molar-refractivity contribution >= 4 is 11.9 Å². The summed E-state index contributed by atoms with van der Waals surface area (Å²) in [5, 5.41) is 11.4. The Morgan fingerprint density at radius 1 is 1.47 bits per heavy atom. The van der Waals surface area contributed by atoms with E-state index in [9.17, 15) is 4.79 Å². The lowest BCUT2D eigenvalue weighted by Gasteiger charge is -2.09. The molecule has 0 fully saturated rings. The maximum atomic E-state index is 10.4. The minimum Gasteiger partial charge on any atom is -0.481 e. The number of nitrogens with zero attached hydrogens (tertiary/aromatic N) is 2. The molecule has 92 valence electrons. The number of aromatic nitrogens is 2.